The van der Waals surface area contributed by atoms with Crippen molar-refractivity contribution in [3.05, 3.63) is 83.1 Å². The first kappa shape index (κ1) is 20.3. The Morgan fingerprint density at radius 1 is 1.10 bits per heavy atom. The summed E-state index contributed by atoms with van der Waals surface area (Å²) < 4.78 is 24.0. The number of halogens is 1. The predicted molar refractivity (Wildman–Crippen MR) is 109 cm³/mol. The quantitative estimate of drug-likeness (QED) is 0.615. The lowest BCUT2D eigenvalue weighted by Crippen LogP contribution is -2.38. The third kappa shape index (κ3) is 4.48. The van der Waals surface area contributed by atoms with E-state index < -0.39 is 5.91 Å². The molecule has 0 spiro atoms. The number of ether oxygens (including phenoxy) is 1. The summed E-state index contributed by atoms with van der Waals surface area (Å²) in [4.78, 5) is 38.0. The van der Waals surface area contributed by atoms with Gasteiger partial charge in [0.05, 0.1) is 12.2 Å². The minimum Gasteiger partial charge on any atom is -0.482 e. The van der Waals surface area contributed by atoms with E-state index in [2.05, 4.69) is 5.32 Å². The number of benzene rings is 2. The van der Waals surface area contributed by atoms with Crippen LogP contribution in [0.5, 0.6) is 5.75 Å². The number of carbonyl (C=O) groups excluding carboxylic acids is 3. The number of furan rings is 1. The van der Waals surface area contributed by atoms with Crippen molar-refractivity contribution in [3.8, 4) is 5.75 Å². The summed E-state index contributed by atoms with van der Waals surface area (Å²) >= 11 is 0. The van der Waals surface area contributed by atoms with Gasteiger partial charge in [0.2, 0.25) is 0 Å². The molecule has 2 amide bonds. The number of fused-ring (bicyclic) bond motifs is 1. The van der Waals surface area contributed by atoms with Crippen LogP contribution < -0.4 is 15.0 Å². The Morgan fingerprint density at radius 3 is 2.61 bits per heavy atom. The molecule has 0 radical (unpaired) electrons. The van der Waals surface area contributed by atoms with E-state index in [1.807, 2.05) is 0 Å². The molecule has 158 valence electrons. The van der Waals surface area contributed by atoms with Gasteiger partial charge < -0.3 is 14.5 Å². The molecule has 1 N–H and O–H groups in total. The summed E-state index contributed by atoms with van der Waals surface area (Å²) in [6.07, 6.45) is 0. The zero-order valence-electron chi connectivity index (χ0n) is 16.7. The number of amides is 2. The van der Waals surface area contributed by atoms with Gasteiger partial charge in [-0.2, -0.15) is 0 Å². The number of hydrogen-bond donors (Lipinski definition) is 1. The molecule has 4 rings (SSSR count). The number of nitrogens with one attached hydrogen (secondary N) is 1. The van der Waals surface area contributed by atoms with Crippen molar-refractivity contribution < 1.29 is 27.9 Å². The van der Waals surface area contributed by atoms with Crippen LogP contribution in [0.4, 0.5) is 10.1 Å². The second-order valence-corrected chi connectivity index (χ2v) is 7.08. The average Bonchev–Trinajstić information content (AvgIpc) is 3.23. The van der Waals surface area contributed by atoms with Gasteiger partial charge in [-0.05, 0) is 55.0 Å². The first-order valence-electron chi connectivity index (χ1n) is 9.60. The standard InChI is InChI=1S/C23H19FN2O5/c1-14(27)16-4-8-20-19(10-16)26(22(28)13-30-20)12-18-7-9-21(31-18)23(29)25-11-15-2-5-17(24)6-3-15/h2-10H,11-13H2,1H3,(H,25,29). The molecule has 31 heavy (non-hydrogen) atoms. The fourth-order valence-corrected chi connectivity index (χ4v) is 3.21. The number of hydrogen-bond acceptors (Lipinski definition) is 5. The van der Waals surface area contributed by atoms with Crippen molar-refractivity contribution in [1.82, 2.24) is 5.32 Å². The van der Waals surface area contributed by atoms with Crippen LogP contribution in [0.25, 0.3) is 0 Å². The van der Waals surface area contributed by atoms with Gasteiger partial charge >= 0.3 is 0 Å². The molecule has 2 heterocycles. The summed E-state index contributed by atoms with van der Waals surface area (Å²) in [5, 5.41) is 2.70. The molecule has 0 unspecified atom stereocenters. The molecular weight excluding hydrogens is 403 g/mol. The summed E-state index contributed by atoms with van der Waals surface area (Å²) in [6.45, 7) is 1.62. The van der Waals surface area contributed by atoms with E-state index in [9.17, 15) is 18.8 Å². The molecule has 0 bridgehead atoms. The lowest BCUT2D eigenvalue weighted by atomic mass is 10.1. The van der Waals surface area contributed by atoms with Gasteiger partial charge in [-0.25, -0.2) is 4.39 Å². The first-order chi connectivity index (χ1) is 14.9. The molecule has 8 heteroatoms. The van der Waals surface area contributed by atoms with Crippen LogP contribution in [0.3, 0.4) is 0 Å². The van der Waals surface area contributed by atoms with E-state index in [1.165, 1.54) is 30.0 Å². The number of ketones is 1. The van der Waals surface area contributed by atoms with Crippen molar-refractivity contribution >= 4 is 23.3 Å². The average molecular weight is 422 g/mol. The summed E-state index contributed by atoms with van der Waals surface area (Å²) in [5.41, 5.74) is 1.68. The van der Waals surface area contributed by atoms with E-state index >= 15 is 0 Å². The maximum atomic E-state index is 13.0. The Kier molecular flexibility index (Phi) is 5.53. The summed E-state index contributed by atoms with van der Waals surface area (Å²) in [7, 11) is 0. The third-order valence-corrected chi connectivity index (χ3v) is 4.87. The molecule has 3 aromatic rings. The van der Waals surface area contributed by atoms with Crippen molar-refractivity contribution in [1.29, 1.82) is 0 Å². The molecule has 7 nitrogen and oxygen atoms in total. The number of Topliss-reactive ketones (excluding diaryl/α,β-unsaturated/α-hetero) is 1. The number of anilines is 1. The van der Waals surface area contributed by atoms with Crippen molar-refractivity contribution in [2.75, 3.05) is 11.5 Å². The summed E-state index contributed by atoms with van der Waals surface area (Å²) in [5.74, 6) is -0.195. The second-order valence-electron chi connectivity index (χ2n) is 7.08. The molecule has 0 saturated carbocycles. The molecule has 1 aliphatic rings. The Balaban J connectivity index is 1.47. The van der Waals surface area contributed by atoms with Crippen molar-refractivity contribution in [2.24, 2.45) is 0 Å². The van der Waals surface area contributed by atoms with Crippen LogP contribution in [0.15, 0.2) is 59.0 Å². The van der Waals surface area contributed by atoms with Gasteiger partial charge in [0.1, 0.15) is 17.3 Å². The van der Waals surface area contributed by atoms with Crippen LogP contribution in [-0.4, -0.2) is 24.2 Å². The van der Waals surface area contributed by atoms with E-state index in [0.717, 1.165) is 5.56 Å². The molecule has 1 aromatic heterocycles. The topological polar surface area (TPSA) is 88.9 Å². The maximum absolute atomic E-state index is 13.0. The first-order valence-corrected chi connectivity index (χ1v) is 9.60. The Labute approximate surface area is 177 Å². The zero-order chi connectivity index (χ0) is 22.0. The predicted octanol–water partition coefficient (Wildman–Crippen LogP) is 3.48. The van der Waals surface area contributed by atoms with Crippen LogP contribution >= 0.6 is 0 Å². The van der Waals surface area contributed by atoms with Crippen molar-refractivity contribution in [3.63, 3.8) is 0 Å². The fraction of sp³-hybridized carbons (Fsp3) is 0.174. The smallest absolute Gasteiger partial charge is 0.287 e. The highest BCUT2D eigenvalue weighted by Gasteiger charge is 2.27. The molecular formula is C23H19FN2O5. The molecule has 0 fully saturated rings. The number of rotatable bonds is 6. The monoisotopic (exact) mass is 422 g/mol. The van der Waals surface area contributed by atoms with Crippen LogP contribution in [0, 0.1) is 5.82 Å². The third-order valence-electron chi connectivity index (χ3n) is 4.87. The van der Waals surface area contributed by atoms with Gasteiger partial charge in [0.15, 0.2) is 18.2 Å². The molecule has 0 aliphatic carbocycles. The molecule has 1 aliphatic heterocycles. The van der Waals surface area contributed by atoms with Gasteiger partial charge in [0.25, 0.3) is 11.8 Å². The fourth-order valence-electron chi connectivity index (χ4n) is 3.21. The lowest BCUT2D eigenvalue weighted by Gasteiger charge is -2.29. The highest BCUT2D eigenvalue weighted by atomic mass is 19.1. The van der Waals surface area contributed by atoms with E-state index in [4.69, 9.17) is 9.15 Å². The Morgan fingerprint density at radius 2 is 1.87 bits per heavy atom. The van der Waals surface area contributed by atoms with Crippen molar-refractivity contribution in [2.45, 2.75) is 20.0 Å². The van der Waals surface area contributed by atoms with Gasteiger partial charge in [-0.3, -0.25) is 19.3 Å². The Bertz CT molecular complexity index is 1150. The minimum absolute atomic E-state index is 0.0851. The highest BCUT2D eigenvalue weighted by Crippen LogP contribution is 2.34. The lowest BCUT2D eigenvalue weighted by molar-refractivity contribution is -0.121. The van der Waals surface area contributed by atoms with Crippen LogP contribution in [0.1, 0.15) is 39.2 Å². The summed E-state index contributed by atoms with van der Waals surface area (Å²) in [6, 6.07) is 13.8. The molecule has 0 atom stereocenters. The number of nitrogens with zero attached hydrogens (tertiary/aromatic N) is 1. The second kappa shape index (κ2) is 8.43. The minimum atomic E-state index is -0.428. The zero-order valence-corrected chi connectivity index (χ0v) is 16.7. The SMILES string of the molecule is CC(=O)c1ccc2c(c1)N(Cc1ccc(C(=O)NCc3ccc(F)cc3)o1)C(=O)CO2. The molecule has 2 aromatic carbocycles. The van der Waals surface area contributed by atoms with Gasteiger partial charge in [-0.1, -0.05) is 12.1 Å². The normalized spacial score (nSPS) is 12.8. The van der Waals surface area contributed by atoms with Gasteiger partial charge in [-0.15, -0.1) is 0 Å². The highest BCUT2D eigenvalue weighted by molar-refractivity contribution is 6.01. The maximum Gasteiger partial charge on any atom is 0.287 e. The van der Waals surface area contributed by atoms with E-state index in [0.29, 0.717) is 22.8 Å². The van der Waals surface area contributed by atoms with Crippen LogP contribution in [-0.2, 0) is 17.9 Å². The van der Waals surface area contributed by atoms with Crippen LogP contribution in [0.2, 0.25) is 0 Å². The Hall–Kier alpha value is -3.94. The van der Waals surface area contributed by atoms with E-state index in [-0.39, 0.29) is 43.0 Å². The largest absolute Gasteiger partial charge is 0.482 e. The molecule has 0 saturated heterocycles. The van der Waals surface area contributed by atoms with Gasteiger partial charge in [0, 0.05) is 12.1 Å². The number of carbonyl (C=O) groups is 3. The van der Waals surface area contributed by atoms with E-state index in [1.54, 1.807) is 36.4 Å².